The third-order valence-corrected chi connectivity index (χ3v) is 6.32. The summed E-state index contributed by atoms with van der Waals surface area (Å²) < 4.78 is 16.3. The van der Waals surface area contributed by atoms with Crippen LogP contribution in [0, 0.1) is 0 Å². The predicted molar refractivity (Wildman–Crippen MR) is 154 cm³/mol. The van der Waals surface area contributed by atoms with Crippen LogP contribution in [-0.4, -0.2) is 39.7 Å². The molecule has 12 nitrogen and oxygen atoms in total. The SMILES string of the molecule is CC(=O)Oc1ccc([C@H](O/N=C(\C(=O)O)c2csc(N)n2)C(=O)OC(c2ccccc2)c2ccccc2)cc1OC(C)=O. The van der Waals surface area contributed by atoms with Crippen LogP contribution < -0.4 is 15.2 Å². The van der Waals surface area contributed by atoms with Gasteiger partial charge in [0.2, 0.25) is 11.8 Å². The lowest BCUT2D eigenvalue weighted by Gasteiger charge is -2.22. The van der Waals surface area contributed by atoms with Crippen LogP contribution in [0.2, 0.25) is 0 Å². The van der Waals surface area contributed by atoms with Crippen molar-refractivity contribution < 1.29 is 43.3 Å². The molecule has 4 aromatic rings. The summed E-state index contributed by atoms with van der Waals surface area (Å²) in [4.78, 5) is 58.7. The van der Waals surface area contributed by atoms with E-state index in [-0.39, 0.29) is 27.9 Å². The van der Waals surface area contributed by atoms with Gasteiger partial charge in [-0.3, -0.25) is 9.59 Å². The number of aliphatic carboxylic acids is 1. The van der Waals surface area contributed by atoms with Crippen LogP contribution >= 0.6 is 11.3 Å². The molecule has 4 rings (SSSR count). The summed E-state index contributed by atoms with van der Waals surface area (Å²) in [5.41, 5.74) is 6.29. The van der Waals surface area contributed by atoms with E-state index in [2.05, 4.69) is 10.1 Å². The molecular formula is C30H25N3O9S. The van der Waals surface area contributed by atoms with Gasteiger partial charge >= 0.3 is 23.9 Å². The second kappa shape index (κ2) is 13.9. The van der Waals surface area contributed by atoms with Crippen molar-refractivity contribution >= 4 is 46.1 Å². The van der Waals surface area contributed by atoms with Crippen LogP contribution in [0.15, 0.2) is 89.4 Å². The molecule has 0 amide bonds. The van der Waals surface area contributed by atoms with Crippen LogP contribution in [0.5, 0.6) is 11.5 Å². The Labute approximate surface area is 249 Å². The zero-order chi connectivity index (χ0) is 30.9. The van der Waals surface area contributed by atoms with E-state index in [1.807, 2.05) is 12.1 Å². The van der Waals surface area contributed by atoms with Crippen LogP contribution in [0.25, 0.3) is 0 Å². The smallest absolute Gasteiger partial charge is 0.360 e. The lowest BCUT2D eigenvalue weighted by Crippen LogP contribution is -2.23. The summed E-state index contributed by atoms with van der Waals surface area (Å²) in [6, 6.07) is 21.8. The number of benzene rings is 3. The highest BCUT2D eigenvalue weighted by atomic mass is 32.1. The number of carbonyl (C=O) groups excluding carboxylic acids is 3. The summed E-state index contributed by atoms with van der Waals surface area (Å²) in [7, 11) is 0. The number of nitrogens with zero attached hydrogens (tertiary/aromatic N) is 2. The van der Waals surface area contributed by atoms with E-state index < -0.39 is 41.8 Å². The highest BCUT2D eigenvalue weighted by molar-refractivity contribution is 7.13. The molecule has 0 fully saturated rings. The number of rotatable bonds is 11. The molecule has 3 aromatic carbocycles. The number of hydrogen-bond donors (Lipinski definition) is 2. The molecule has 1 heterocycles. The second-order valence-electron chi connectivity index (χ2n) is 8.83. The van der Waals surface area contributed by atoms with Gasteiger partial charge in [-0.1, -0.05) is 71.9 Å². The number of thiazole rings is 1. The Balaban J connectivity index is 1.78. The normalized spacial score (nSPS) is 11.8. The summed E-state index contributed by atoms with van der Waals surface area (Å²) >= 11 is 0.990. The number of esters is 3. The van der Waals surface area contributed by atoms with Gasteiger partial charge < -0.3 is 29.9 Å². The van der Waals surface area contributed by atoms with E-state index in [1.165, 1.54) is 23.6 Å². The molecule has 0 aliphatic carbocycles. The predicted octanol–water partition coefficient (Wildman–Crippen LogP) is 4.46. The van der Waals surface area contributed by atoms with Crippen molar-refractivity contribution in [2.75, 3.05) is 5.73 Å². The number of oxime groups is 1. The van der Waals surface area contributed by atoms with Gasteiger partial charge in [-0.05, 0) is 23.3 Å². The minimum atomic E-state index is -1.68. The monoisotopic (exact) mass is 603 g/mol. The molecule has 0 saturated heterocycles. The van der Waals surface area contributed by atoms with Crippen molar-refractivity contribution in [3.63, 3.8) is 0 Å². The number of anilines is 1. The molecular weight excluding hydrogens is 578 g/mol. The number of ether oxygens (including phenoxy) is 3. The molecule has 0 radical (unpaired) electrons. The van der Waals surface area contributed by atoms with E-state index >= 15 is 0 Å². The Kier molecular flexibility index (Phi) is 9.81. The lowest BCUT2D eigenvalue weighted by atomic mass is 10.0. The molecule has 1 aromatic heterocycles. The standard InChI is InChI=1S/C30H25N3O9S/c1-17(34)39-23-14-13-21(15-24(23)40-18(2)35)27(42-33-25(28(36)37)22-16-43-30(31)32-22)29(38)41-26(19-9-5-3-6-10-19)20-11-7-4-8-12-20/h3-16,26-27H,1-2H3,(H2,31,32)(H,36,37)/b33-25-/t27-/m0/s1. The summed E-state index contributed by atoms with van der Waals surface area (Å²) in [5, 5.41) is 15.0. The van der Waals surface area contributed by atoms with Crippen molar-refractivity contribution in [1.82, 2.24) is 4.98 Å². The Bertz CT molecular complexity index is 1620. The molecule has 0 spiro atoms. The number of aromatic nitrogens is 1. The summed E-state index contributed by atoms with van der Waals surface area (Å²) in [6.07, 6.45) is -2.56. The van der Waals surface area contributed by atoms with Crippen LogP contribution in [0.4, 0.5) is 5.13 Å². The van der Waals surface area contributed by atoms with Crippen molar-refractivity contribution in [1.29, 1.82) is 0 Å². The van der Waals surface area contributed by atoms with E-state index in [0.717, 1.165) is 25.2 Å². The topological polar surface area (TPSA) is 177 Å². The van der Waals surface area contributed by atoms with E-state index in [0.29, 0.717) is 11.1 Å². The van der Waals surface area contributed by atoms with Crippen LogP contribution in [0.3, 0.4) is 0 Å². The van der Waals surface area contributed by atoms with Gasteiger partial charge in [0.1, 0.15) is 5.69 Å². The highest BCUT2D eigenvalue weighted by Crippen LogP contribution is 2.35. The molecule has 1 atom stereocenters. The molecule has 0 aliphatic rings. The number of carboxylic acid groups (broad SMARTS) is 1. The van der Waals surface area contributed by atoms with Crippen LogP contribution in [-0.2, 0) is 28.8 Å². The Morgan fingerprint density at radius 1 is 0.837 bits per heavy atom. The Hall–Kier alpha value is -5.56. The largest absolute Gasteiger partial charge is 0.476 e. The zero-order valence-corrected chi connectivity index (χ0v) is 23.6. The maximum atomic E-state index is 13.8. The molecule has 43 heavy (non-hydrogen) atoms. The van der Waals surface area contributed by atoms with E-state index in [9.17, 15) is 24.3 Å². The average molecular weight is 604 g/mol. The van der Waals surface area contributed by atoms with Gasteiger partial charge in [0, 0.05) is 24.8 Å². The number of hydrogen-bond acceptors (Lipinski definition) is 12. The minimum absolute atomic E-state index is 0.0447. The first kappa shape index (κ1) is 30.4. The quantitative estimate of drug-likeness (QED) is 0.107. The first-order valence-electron chi connectivity index (χ1n) is 12.6. The third-order valence-electron chi connectivity index (χ3n) is 5.65. The second-order valence-corrected chi connectivity index (χ2v) is 9.72. The maximum absolute atomic E-state index is 13.8. The van der Waals surface area contributed by atoms with E-state index in [4.69, 9.17) is 24.8 Å². The molecule has 0 unspecified atom stereocenters. The Morgan fingerprint density at radius 3 is 1.93 bits per heavy atom. The maximum Gasteiger partial charge on any atom is 0.360 e. The number of nitrogens with two attached hydrogens (primary N) is 1. The molecule has 13 heteroatoms. The molecule has 220 valence electrons. The van der Waals surface area contributed by atoms with Gasteiger partial charge in [-0.15, -0.1) is 11.3 Å². The molecule has 3 N–H and O–H groups in total. The van der Waals surface area contributed by atoms with Crippen molar-refractivity contribution in [2.45, 2.75) is 26.1 Å². The number of nitrogen functional groups attached to an aromatic ring is 1. The molecule has 0 aliphatic heterocycles. The summed E-state index contributed by atoms with van der Waals surface area (Å²) in [5.74, 6) is -4.16. The minimum Gasteiger partial charge on any atom is -0.476 e. The fourth-order valence-corrected chi connectivity index (χ4v) is 4.41. The average Bonchev–Trinajstić information content (AvgIpc) is 3.40. The lowest BCUT2D eigenvalue weighted by molar-refractivity contribution is -0.162. The number of carbonyl (C=O) groups is 4. The fourth-order valence-electron chi connectivity index (χ4n) is 3.86. The van der Waals surface area contributed by atoms with Gasteiger partial charge in [0.05, 0.1) is 0 Å². The van der Waals surface area contributed by atoms with Gasteiger partial charge in [-0.2, -0.15) is 0 Å². The fraction of sp³-hybridized carbons (Fsp3) is 0.133. The number of carboxylic acids is 1. The first-order chi connectivity index (χ1) is 20.6. The van der Waals surface area contributed by atoms with Gasteiger partial charge in [0.15, 0.2) is 22.7 Å². The van der Waals surface area contributed by atoms with Crippen molar-refractivity contribution in [3.8, 4) is 11.5 Å². The van der Waals surface area contributed by atoms with Gasteiger partial charge in [0.25, 0.3) is 0 Å². The van der Waals surface area contributed by atoms with Crippen molar-refractivity contribution in [3.05, 3.63) is 107 Å². The third kappa shape index (κ3) is 8.01. The van der Waals surface area contributed by atoms with Crippen molar-refractivity contribution in [2.24, 2.45) is 5.16 Å². The highest BCUT2D eigenvalue weighted by Gasteiger charge is 2.31. The first-order valence-corrected chi connectivity index (χ1v) is 13.5. The molecule has 0 saturated carbocycles. The summed E-state index contributed by atoms with van der Waals surface area (Å²) in [6.45, 7) is 2.30. The van der Waals surface area contributed by atoms with Gasteiger partial charge in [-0.25, -0.2) is 14.6 Å². The van der Waals surface area contributed by atoms with E-state index in [1.54, 1.807) is 48.5 Å². The zero-order valence-electron chi connectivity index (χ0n) is 22.8. The Morgan fingerprint density at radius 2 is 1.42 bits per heavy atom. The molecule has 0 bridgehead atoms. The van der Waals surface area contributed by atoms with Crippen LogP contribution in [0.1, 0.15) is 48.4 Å².